The van der Waals surface area contributed by atoms with Crippen LogP contribution in [0.1, 0.15) is 80.3 Å². The second kappa shape index (κ2) is 12.6. The third kappa shape index (κ3) is 6.27. The van der Waals surface area contributed by atoms with Crippen molar-refractivity contribution in [2.24, 2.45) is 5.92 Å². The van der Waals surface area contributed by atoms with Crippen LogP contribution in [0.2, 0.25) is 0 Å². The zero-order valence-electron chi connectivity index (χ0n) is 26.1. The molecule has 1 unspecified atom stereocenters. The number of halogens is 1. The highest BCUT2D eigenvalue weighted by Gasteiger charge is 2.49. The Kier molecular flexibility index (Phi) is 9.10. The Morgan fingerprint density at radius 3 is 2.26 bits per heavy atom. The normalized spacial score (nSPS) is 22.3. The number of aromatic nitrogens is 1. The fourth-order valence-corrected chi connectivity index (χ4v) is 7.05. The molecule has 1 aliphatic heterocycles. The van der Waals surface area contributed by atoms with E-state index in [-0.39, 0.29) is 17.0 Å². The largest absolute Gasteiger partial charge is 0.481 e. The quantitative estimate of drug-likeness (QED) is 0.240. The van der Waals surface area contributed by atoms with Crippen LogP contribution in [0.3, 0.4) is 0 Å². The van der Waals surface area contributed by atoms with Crippen molar-refractivity contribution in [3.05, 3.63) is 107 Å². The van der Waals surface area contributed by atoms with E-state index in [1.165, 1.54) is 28.5 Å². The molecule has 0 radical (unpaired) electrons. The van der Waals surface area contributed by atoms with Crippen LogP contribution < -0.4 is 0 Å². The highest BCUT2D eigenvalue weighted by atomic mass is 19.1. The lowest BCUT2D eigenvalue weighted by atomic mass is 9.68. The van der Waals surface area contributed by atoms with E-state index in [1.54, 1.807) is 13.0 Å². The Bertz CT molecular complexity index is 1530. The maximum Gasteiger partial charge on any atom is 0.310 e. The van der Waals surface area contributed by atoms with Crippen molar-refractivity contribution in [2.75, 3.05) is 20.7 Å². The molecule has 1 aliphatic carbocycles. The van der Waals surface area contributed by atoms with Gasteiger partial charge < -0.3 is 14.8 Å². The van der Waals surface area contributed by atoms with Crippen LogP contribution in [0.15, 0.2) is 72.8 Å². The molecule has 6 heteroatoms. The molecule has 2 N–H and O–H groups in total. The number of hydrogen-bond donors (Lipinski definition) is 2. The highest BCUT2D eigenvalue weighted by molar-refractivity contribution is 5.85. The molecule has 3 aromatic carbocycles. The minimum Gasteiger partial charge on any atom is -0.481 e. The molecule has 2 aliphatic rings. The van der Waals surface area contributed by atoms with Gasteiger partial charge in [-0.05, 0) is 106 Å². The number of carbonyl (C=O) groups is 1. The average molecular weight is 585 g/mol. The third-order valence-corrected chi connectivity index (χ3v) is 9.60. The van der Waals surface area contributed by atoms with Crippen LogP contribution >= 0.6 is 0 Å². The number of nitrogens with one attached hydrogen (secondary N) is 1. The molecule has 1 saturated carbocycles. The number of aromatic amines is 1. The summed E-state index contributed by atoms with van der Waals surface area (Å²) in [7, 11) is 4.37. The maximum absolute atomic E-state index is 13.8. The van der Waals surface area contributed by atoms with Crippen molar-refractivity contribution >= 4 is 16.9 Å². The fraction of sp³-hybridized carbons (Fsp3) is 0.432. The predicted molar refractivity (Wildman–Crippen MR) is 171 cm³/mol. The summed E-state index contributed by atoms with van der Waals surface area (Å²) in [4.78, 5) is 16.7. The number of aliphatic carboxylic acids is 1. The molecule has 43 heavy (non-hydrogen) atoms. The van der Waals surface area contributed by atoms with Gasteiger partial charge in [0.2, 0.25) is 0 Å². The van der Waals surface area contributed by atoms with Crippen LogP contribution in [-0.2, 0) is 33.5 Å². The number of hydrogen-bond acceptors (Lipinski definition) is 3. The van der Waals surface area contributed by atoms with Gasteiger partial charge in [-0.1, -0.05) is 68.4 Å². The number of carboxylic acids is 1. The van der Waals surface area contributed by atoms with E-state index in [0.717, 1.165) is 55.0 Å². The number of benzene rings is 3. The first kappa shape index (κ1) is 31.0. The standard InChI is InChI=1S/C24H27FN2O.C13H18O2/c1-27(2)23(17-6-4-3-5-7-17)11-13-24(14-12-23)22-19(10-15-28-24)20-16-18(25)8-9-21(20)26-22;1-9(2)8-11-4-6-12(7-5-11)10(3)13(14)15/h3-9,16,26H,10-15H2,1-2H3;4-7,9-10H,8H2,1-3H3,(H,14,15). The lowest BCUT2D eigenvalue weighted by Crippen LogP contribution is -2.50. The van der Waals surface area contributed by atoms with E-state index in [0.29, 0.717) is 12.5 Å². The molecular formula is C37H45FN2O3. The van der Waals surface area contributed by atoms with Crippen LogP contribution in [0.25, 0.3) is 10.9 Å². The summed E-state index contributed by atoms with van der Waals surface area (Å²) in [5, 5.41) is 9.87. The van der Waals surface area contributed by atoms with Gasteiger partial charge in [0.1, 0.15) is 11.4 Å². The van der Waals surface area contributed by atoms with Gasteiger partial charge in [0, 0.05) is 16.4 Å². The van der Waals surface area contributed by atoms with E-state index < -0.39 is 11.9 Å². The maximum atomic E-state index is 13.8. The second-order valence-corrected chi connectivity index (χ2v) is 13.0. The van der Waals surface area contributed by atoms with Gasteiger partial charge in [0.25, 0.3) is 0 Å². The third-order valence-electron chi connectivity index (χ3n) is 9.60. The van der Waals surface area contributed by atoms with E-state index >= 15 is 0 Å². The first-order chi connectivity index (χ1) is 20.5. The number of H-pyrrole nitrogens is 1. The predicted octanol–water partition coefficient (Wildman–Crippen LogP) is 8.18. The van der Waals surface area contributed by atoms with Gasteiger partial charge >= 0.3 is 5.97 Å². The van der Waals surface area contributed by atoms with Crippen molar-refractivity contribution in [1.82, 2.24) is 9.88 Å². The van der Waals surface area contributed by atoms with Crippen LogP contribution in [0, 0.1) is 11.7 Å². The topological polar surface area (TPSA) is 65.6 Å². The molecule has 228 valence electrons. The summed E-state index contributed by atoms with van der Waals surface area (Å²) in [5.41, 5.74) is 6.72. The molecule has 1 spiro atoms. The minimum atomic E-state index is -0.772. The van der Waals surface area contributed by atoms with Crippen molar-refractivity contribution in [2.45, 2.75) is 76.4 Å². The summed E-state index contributed by atoms with van der Waals surface area (Å²) < 4.78 is 20.3. The van der Waals surface area contributed by atoms with Gasteiger partial charge in [-0.2, -0.15) is 0 Å². The Balaban J connectivity index is 0.000000209. The molecule has 1 fully saturated rings. The van der Waals surface area contributed by atoms with Gasteiger partial charge in [0.05, 0.1) is 18.2 Å². The molecule has 6 rings (SSSR count). The zero-order chi connectivity index (χ0) is 30.8. The average Bonchev–Trinajstić information content (AvgIpc) is 3.37. The Labute approximate surface area is 255 Å². The minimum absolute atomic E-state index is 0.0333. The number of carboxylic acid groups (broad SMARTS) is 1. The molecule has 4 aromatic rings. The van der Waals surface area contributed by atoms with E-state index in [1.807, 2.05) is 30.3 Å². The molecule has 0 bridgehead atoms. The van der Waals surface area contributed by atoms with E-state index in [2.05, 4.69) is 68.2 Å². The first-order valence-corrected chi connectivity index (χ1v) is 15.5. The summed E-state index contributed by atoms with van der Waals surface area (Å²) >= 11 is 0. The fourth-order valence-electron chi connectivity index (χ4n) is 7.05. The Morgan fingerprint density at radius 2 is 1.65 bits per heavy atom. The second-order valence-electron chi connectivity index (χ2n) is 13.0. The van der Waals surface area contributed by atoms with Gasteiger partial charge in [-0.15, -0.1) is 0 Å². The molecule has 0 saturated heterocycles. The SMILES string of the molecule is CC(C)Cc1ccc(C(C)C(=O)O)cc1.CN(C)C1(c2ccccc2)CCC2(CC1)OCCc1c2[nH]c2ccc(F)cc12. The first-order valence-electron chi connectivity index (χ1n) is 15.5. The van der Waals surface area contributed by atoms with Gasteiger partial charge in [-0.25, -0.2) is 4.39 Å². The molecular weight excluding hydrogens is 539 g/mol. The van der Waals surface area contributed by atoms with Crippen LogP contribution in [-0.4, -0.2) is 41.7 Å². The number of nitrogens with zero attached hydrogens (tertiary/aromatic N) is 1. The van der Waals surface area contributed by atoms with E-state index in [9.17, 15) is 9.18 Å². The highest BCUT2D eigenvalue weighted by Crippen LogP contribution is 2.52. The molecule has 1 atom stereocenters. The van der Waals surface area contributed by atoms with Crippen molar-refractivity contribution in [3.63, 3.8) is 0 Å². The summed E-state index contributed by atoms with van der Waals surface area (Å²) in [6.45, 7) is 6.76. The monoisotopic (exact) mass is 584 g/mol. The number of fused-ring (bicyclic) bond motifs is 4. The van der Waals surface area contributed by atoms with Crippen molar-refractivity contribution < 1.29 is 19.0 Å². The summed E-state index contributed by atoms with van der Waals surface area (Å²) in [6.07, 6.45) is 5.88. The van der Waals surface area contributed by atoms with Gasteiger partial charge in [0.15, 0.2) is 0 Å². The smallest absolute Gasteiger partial charge is 0.310 e. The summed E-state index contributed by atoms with van der Waals surface area (Å²) in [6, 6.07) is 23.8. The Hall–Kier alpha value is -3.48. The van der Waals surface area contributed by atoms with E-state index in [4.69, 9.17) is 9.84 Å². The lowest BCUT2D eigenvalue weighted by Gasteiger charge is -2.50. The molecule has 2 heterocycles. The zero-order valence-corrected chi connectivity index (χ0v) is 26.1. The molecule has 1 aromatic heterocycles. The Morgan fingerprint density at radius 1 is 0.977 bits per heavy atom. The number of rotatable bonds is 6. The van der Waals surface area contributed by atoms with Crippen LogP contribution in [0.5, 0.6) is 0 Å². The lowest BCUT2D eigenvalue weighted by molar-refractivity contribution is -0.138. The van der Waals surface area contributed by atoms with Crippen LogP contribution in [0.4, 0.5) is 4.39 Å². The van der Waals surface area contributed by atoms with Crippen molar-refractivity contribution in [3.8, 4) is 0 Å². The number of ether oxygens (including phenoxy) is 1. The molecule has 0 amide bonds. The summed E-state index contributed by atoms with van der Waals surface area (Å²) in [5.74, 6) is -0.730. The van der Waals surface area contributed by atoms with Gasteiger partial charge in [-0.3, -0.25) is 9.69 Å². The molecule has 5 nitrogen and oxygen atoms in total. The van der Waals surface area contributed by atoms with Crippen molar-refractivity contribution in [1.29, 1.82) is 0 Å².